The van der Waals surface area contributed by atoms with E-state index < -0.39 is 0 Å². The normalized spacial score (nSPS) is 23.6. The number of nitrogens with one attached hydrogen (secondary N) is 1. The van der Waals surface area contributed by atoms with E-state index in [1.807, 2.05) is 0 Å². The second kappa shape index (κ2) is 4.50. The first-order valence-corrected chi connectivity index (χ1v) is 7.55. The molecule has 3 N–H and O–H groups in total. The SMILES string of the molecule is Oc1cc2c(cc1O)C1(CCc3ccccc31)CNCC2. The molecule has 1 aliphatic carbocycles. The summed E-state index contributed by atoms with van der Waals surface area (Å²) in [6.07, 6.45) is 3.00. The second-order valence-electron chi connectivity index (χ2n) is 6.16. The molecule has 0 bridgehead atoms. The summed E-state index contributed by atoms with van der Waals surface area (Å²) in [5.74, 6) is -0.0310. The van der Waals surface area contributed by atoms with Crippen molar-refractivity contribution in [3.05, 3.63) is 58.7 Å². The zero-order chi connectivity index (χ0) is 14.4. The number of phenols is 2. The lowest BCUT2D eigenvalue weighted by atomic mass is 9.73. The molecule has 1 heterocycles. The first kappa shape index (κ1) is 12.7. The van der Waals surface area contributed by atoms with E-state index in [2.05, 4.69) is 29.6 Å². The van der Waals surface area contributed by atoms with E-state index in [0.717, 1.165) is 37.9 Å². The Hall–Kier alpha value is -2.00. The van der Waals surface area contributed by atoms with Crippen molar-refractivity contribution >= 4 is 0 Å². The molecule has 1 unspecified atom stereocenters. The third kappa shape index (κ3) is 1.77. The van der Waals surface area contributed by atoms with E-state index in [0.29, 0.717) is 0 Å². The van der Waals surface area contributed by atoms with Crippen LogP contribution in [0, 0.1) is 0 Å². The molecule has 1 atom stereocenters. The van der Waals surface area contributed by atoms with Crippen molar-refractivity contribution < 1.29 is 10.2 Å². The van der Waals surface area contributed by atoms with Crippen LogP contribution in [0.4, 0.5) is 0 Å². The van der Waals surface area contributed by atoms with Crippen LogP contribution in [-0.4, -0.2) is 23.3 Å². The zero-order valence-electron chi connectivity index (χ0n) is 11.9. The molecule has 2 aliphatic rings. The van der Waals surface area contributed by atoms with Crippen molar-refractivity contribution in [3.63, 3.8) is 0 Å². The highest BCUT2D eigenvalue weighted by molar-refractivity contribution is 5.56. The van der Waals surface area contributed by atoms with Gasteiger partial charge in [-0.15, -0.1) is 0 Å². The van der Waals surface area contributed by atoms with Crippen LogP contribution in [-0.2, 0) is 18.3 Å². The minimum Gasteiger partial charge on any atom is -0.504 e. The first-order valence-electron chi connectivity index (χ1n) is 7.55. The van der Waals surface area contributed by atoms with Gasteiger partial charge in [0.2, 0.25) is 0 Å². The summed E-state index contributed by atoms with van der Waals surface area (Å²) in [4.78, 5) is 0. The average Bonchev–Trinajstić information content (AvgIpc) is 2.77. The molecule has 3 heteroatoms. The number of fused-ring (bicyclic) bond motifs is 4. The lowest BCUT2D eigenvalue weighted by Gasteiger charge is -2.31. The van der Waals surface area contributed by atoms with Gasteiger partial charge in [-0.3, -0.25) is 0 Å². The van der Waals surface area contributed by atoms with Crippen molar-refractivity contribution in [1.82, 2.24) is 5.32 Å². The maximum absolute atomic E-state index is 9.99. The van der Waals surface area contributed by atoms with Crippen LogP contribution in [0.15, 0.2) is 36.4 Å². The minimum absolute atomic E-state index is 0.0144. The van der Waals surface area contributed by atoms with Crippen molar-refractivity contribution in [2.75, 3.05) is 13.1 Å². The van der Waals surface area contributed by atoms with E-state index in [-0.39, 0.29) is 16.9 Å². The van der Waals surface area contributed by atoms with Gasteiger partial charge in [0.05, 0.1) is 0 Å². The van der Waals surface area contributed by atoms with Crippen molar-refractivity contribution in [2.24, 2.45) is 0 Å². The Bertz CT molecular complexity index is 710. The topological polar surface area (TPSA) is 52.5 Å². The molecule has 1 spiro atoms. The Labute approximate surface area is 124 Å². The smallest absolute Gasteiger partial charge is 0.157 e. The number of hydrogen-bond donors (Lipinski definition) is 3. The number of hydrogen-bond acceptors (Lipinski definition) is 3. The van der Waals surface area contributed by atoms with E-state index >= 15 is 0 Å². The third-order valence-electron chi connectivity index (χ3n) is 5.07. The molecule has 0 fully saturated rings. The predicted octanol–water partition coefficient (Wildman–Crippen LogP) is 2.48. The fraction of sp³-hybridized carbons (Fsp3) is 0.333. The summed E-state index contributed by atoms with van der Waals surface area (Å²) < 4.78 is 0. The highest BCUT2D eigenvalue weighted by atomic mass is 16.3. The van der Waals surface area contributed by atoms with Gasteiger partial charge in [-0.1, -0.05) is 24.3 Å². The molecule has 2 aromatic rings. The highest BCUT2D eigenvalue weighted by Crippen LogP contribution is 2.47. The van der Waals surface area contributed by atoms with Crippen LogP contribution in [0.5, 0.6) is 11.5 Å². The maximum atomic E-state index is 9.99. The lowest BCUT2D eigenvalue weighted by Crippen LogP contribution is -2.36. The van der Waals surface area contributed by atoms with Gasteiger partial charge in [-0.25, -0.2) is 0 Å². The molecule has 0 radical (unpaired) electrons. The van der Waals surface area contributed by atoms with E-state index in [1.54, 1.807) is 12.1 Å². The van der Waals surface area contributed by atoms with Gasteiger partial charge in [0, 0.05) is 12.0 Å². The molecular weight excluding hydrogens is 262 g/mol. The molecule has 21 heavy (non-hydrogen) atoms. The van der Waals surface area contributed by atoms with Crippen molar-refractivity contribution in [1.29, 1.82) is 0 Å². The number of aromatic hydroxyl groups is 2. The molecule has 1 aliphatic heterocycles. The van der Waals surface area contributed by atoms with Gasteiger partial charge >= 0.3 is 0 Å². The fourth-order valence-corrected chi connectivity index (χ4v) is 4.04. The van der Waals surface area contributed by atoms with Crippen LogP contribution in [0.1, 0.15) is 28.7 Å². The predicted molar refractivity (Wildman–Crippen MR) is 81.9 cm³/mol. The second-order valence-corrected chi connectivity index (χ2v) is 6.16. The number of aryl methyl sites for hydroxylation is 1. The molecule has 0 aromatic heterocycles. The third-order valence-corrected chi connectivity index (χ3v) is 5.07. The van der Waals surface area contributed by atoms with Crippen LogP contribution in [0.2, 0.25) is 0 Å². The quantitative estimate of drug-likeness (QED) is 0.650. The summed E-state index contributed by atoms with van der Waals surface area (Å²) in [7, 11) is 0. The Balaban J connectivity index is 1.98. The Morgan fingerprint density at radius 2 is 1.71 bits per heavy atom. The standard InChI is InChI=1S/C18H19NO2/c20-16-9-13-6-8-19-11-18(15(13)10-17(16)21)7-5-12-3-1-2-4-14(12)18/h1-4,9-10,19-21H,5-8,11H2. The monoisotopic (exact) mass is 281 g/mol. The number of benzene rings is 2. The highest BCUT2D eigenvalue weighted by Gasteiger charge is 2.42. The van der Waals surface area contributed by atoms with Crippen molar-refractivity contribution in [2.45, 2.75) is 24.7 Å². The van der Waals surface area contributed by atoms with Crippen LogP contribution in [0.25, 0.3) is 0 Å². The maximum Gasteiger partial charge on any atom is 0.157 e. The average molecular weight is 281 g/mol. The van der Waals surface area contributed by atoms with E-state index in [9.17, 15) is 10.2 Å². The Kier molecular flexibility index (Phi) is 2.73. The summed E-state index contributed by atoms with van der Waals surface area (Å²) in [5, 5.41) is 23.4. The van der Waals surface area contributed by atoms with Gasteiger partial charge in [0.15, 0.2) is 11.5 Å². The first-order chi connectivity index (χ1) is 10.2. The van der Waals surface area contributed by atoms with E-state index in [4.69, 9.17) is 0 Å². The molecule has 3 nitrogen and oxygen atoms in total. The fourth-order valence-electron chi connectivity index (χ4n) is 4.04. The molecule has 0 saturated carbocycles. The van der Waals surface area contributed by atoms with E-state index in [1.165, 1.54) is 16.7 Å². The summed E-state index contributed by atoms with van der Waals surface area (Å²) in [6.45, 7) is 1.79. The molecule has 108 valence electrons. The molecule has 0 saturated heterocycles. The lowest BCUT2D eigenvalue weighted by molar-refractivity contribution is 0.399. The van der Waals surface area contributed by atoms with Gasteiger partial charge < -0.3 is 15.5 Å². The summed E-state index contributed by atoms with van der Waals surface area (Å²) >= 11 is 0. The zero-order valence-corrected chi connectivity index (χ0v) is 11.9. The van der Waals surface area contributed by atoms with Crippen LogP contribution < -0.4 is 5.32 Å². The molecule has 0 amide bonds. The summed E-state index contributed by atoms with van der Waals surface area (Å²) in [5.41, 5.74) is 5.01. The van der Waals surface area contributed by atoms with Crippen LogP contribution in [0.3, 0.4) is 0 Å². The van der Waals surface area contributed by atoms with Gasteiger partial charge in [0.25, 0.3) is 0 Å². The van der Waals surface area contributed by atoms with Crippen LogP contribution >= 0.6 is 0 Å². The van der Waals surface area contributed by atoms with Gasteiger partial charge in [-0.2, -0.15) is 0 Å². The van der Waals surface area contributed by atoms with Gasteiger partial charge in [0.1, 0.15) is 0 Å². The molecule has 4 rings (SSSR count). The molecule has 2 aromatic carbocycles. The molecular formula is C18H19NO2. The van der Waals surface area contributed by atoms with Gasteiger partial charge in [-0.05, 0) is 60.2 Å². The summed E-state index contributed by atoms with van der Waals surface area (Å²) in [6, 6.07) is 12.1. The number of rotatable bonds is 0. The Morgan fingerprint density at radius 1 is 0.905 bits per heavy atom. The Morgan fingerprint density at radius 3 is 2.62 bits per heavy atom. The van der Waals surface area contributed by atoms with Crippen molar-refractivity contribution in [3.8, 4) is 11.5 Å². The number of phenolic OH excluding ortho intramolecular Hbond substituents is 2. The largest absolute Gasteiger partial charge is 0.504 e. The minimum atomic E-state index is -0.0758.